The Balaban J connectivity index is 2.60. The van der Waals surface area contributed by atoms with E-state index in [0.717, 1.165) is 0 Å². The van der Waals surface area contributed by atoms with Crippen LogP contribution in [0.2, 0.25) is 0 Å². The molecule has 0 aliphatic carbocycles. The molecule has 0 aromatic carbocycles. The van der Waals surface area contributed by atoms with Crippen molar-refractivity contribution in [3.63, 3.8) is 0 Å². The summed E-state index contributed by atoms with van der Waals surface area (Å²) in [6.45, 7) is -0.643. The summed E-state index contributed by atoms with van der Waals surface area (Å²) in [5, 5.41) is 0. The van der Waals surface area contributed by atoms with Crippen molar-refractivity contribution in [1.82, 2.24) is 4.90 Å². The Kier molecular flexibility index (Phi) is 4.43. The standard InChI is InChI=1S/C8H13F3N2O4S/c9-8(10,11)6(17-7(12)14)5-13-1-3-18(15,16)4-2-13/h6H,1-5H2,(H2,12,14)/t6-/m0/s1. The zero-order chi connectivity index (χ0) is 14.0. The average Bonchev–Trinajstić information content (AvgIpc) is 2.18. The second kappa shape index (κ2) is 5.31. The highest BCUT2D eigenvalue weighted by atomic mass is 32.2. The number of amides is 1. The molecule has 1 saturated heterocycles. The van der Waals surface area contributed by atoms with Gasteiger partial charge in [0, 0.05) is 19.6 Å². The molecule has 0 unspecified atom stereocenters. The van der Waals surface area contributed by atoms with Gasteiger partial charge in [-0.05, 0) is 0 Å². The second-order valence-corrected chi connectivity index (χ2v) is 6.22. The Morgan fingerprint density at radius 3 is 2.22 bits per heavy atom. The third-order valence-electron chi connectivity index (χ3n) is 2.48. The minimum atomic E-state index is -4.73. The van der Waals surface area contributed by atoms with Crippen molar-refractivity contribution in [2.45, 2.75) is 12.3 Å². The number of carbonyl (C=O) groups is 1. The van der Waals surface area contributed by atoms with E-state index in [1.165, 1.54) is 4.90 Å². The number of alkyl halides is 3. The van der Waals surface area contributed by atoms with Crippen LogP contribution in [0.3, 0.4) is 0 Å². The predicted molar refractivity (Wildman–Crippen MR) is 55.6 cm³/mol. The number of ether oxygens (including phenoxy) is 1. The van der Waals surface area contributed by atoms with Crippen LogP contribution in [0.25, 0.3) is 0 Å². The highest BCUT2D eigenvalue weighted by molar-refractivity contribution is 7.91. The molecule has 6 nitrogen and oxygen atoms in total. The number of primary amides is 1. The molecule has 106 valence electrons. The minimum absolute atomic E-state index is 0.0168. The molecule has 0 bridgehead atoms. The van der Waals surface area contributed by atoms with E-state index in [4.69, 9.17) is 0 Å². The van der Waals surface area contributed by atoms with Crippen LogP contribution in [-0.4, -0.2) is 62.8 Å². The summed E-state index contributed by atoms with van der Waals surface area (Å²) >= 11 is 0. The average molecular weight is 290 g/mol. The third kappa shape index (κ3) is 4.69. The van der Waals surface area contributed by atoms with Crippen LogP contribution in [0.1, 0.15) is 0 Å². The van der Waals surface area contributed by atoms with E-state index in [9.17, 15) is 26.4 Å². The Morgan fingerprint density at radius 2 is 1.83 bits per heavy atom. The number of hydrogen-bond acceptors (Lipinski definition) is 5. The topological polar surface area (TPSA) is 89.7 Å². The lowest BCUT2D eigenvalue weighted by molar-refractivity contribution is -0.206. The molecule has 1 fully saturated rings. The molecule has 0 spiro atoms. The highest BCUT2D eigenvalue weighted by Gasteiger charge is 2.44. The molecule has 0 aromatic heterocycles. The Morgan fingerprint density at radius 1 is 1.33 bits per heavy atom. The fourth-order valence-corrected chi connectivity index (χ4v) is 2.79. The number of rotatable bonds is 3. The van der Waals surface area contributed by atoms with Crippen LogP contribution in [0.15, 0.2) is 0 Å². The molecule has 1 aliphatic rings. The van der Waals surface area contributed by atoms with Gasteiger partial charge in [-0.1, -0.05) is 0 Å². The van der Waals surface area contributed by atoms with Crippen molar-refractivity contribution in [3.8, 4) is 0 Å². The maximum absolute atomic E-state index is 12.5. The molecular formula is C8H13F3N2O4S. The lowest BCUT2D eigenvalue weighted by Crippen LogP contribution is -2.49. The first-order valence-electron chi connectivity index (χ1n) is 5.06. The molecule has 1 amide bonds. The molecule has 2 N–H and O–H groups in total. The summed E-state index contributed by atoms with van der Waals surface area (Å²) in [5.74, 6) is -0.400. The molecular weight excluding hydrogens is 277 g/mol. The SMILES string of the molecule is NC(=O)O[C@@H](CN1CCS(=O)(=O)CC1)C(F)(F)F. The van der Waals surface area contributed by atoms with E-state index >= 15 is 0 Å². The summed E-state index contributed by atoms with van der Waals surface area (Å²) < 4.78 is 63.7. The number of nitrogens with zero attached hydrogens (tertiary/aromatic N) is 1. The maximum Gasteiger partial charge on any atom is 0.426 e. The lowest BCUT2D eigenvalue weighted by atomic mass is 10.3. The van der Waals surface area contributed by atoms with Gasteiger partial charge < -0.3 is 10.5 Å². The number of halogens is 3. The van der Waals surface area contributed by atoms with E-state index in [2.05, 4.69) is 10.5 Å². The largest absolute Gasteiger partial charge is 0.435 e. The van der Waals surface area contributed by atoms with Crippen LogP contribution >= 0.6 is 0 Å². The zero-order valence-electron chi connectivity index (χ0n) is 9.31. The first-order chi connectivity index (χ1) is 8.10. The van der Waals surface area contributed by atoms with Crippen molar-refractivity contribution in [2.75, 3.05) is 31.1 Å². The van der Waals surface area contributed by atoms with Gasteiger partial charge in [-0.15, -0.1) is 0 Å². The number of sulfone groups is 1. The molecule has 0 saturated carbocycles. The summed E-state index contributed by atoms with van der Waals surface area (Å²) in [7, 11) is -3.17. The van der Waals surface area contributed by atoms with Crippen LogP contribution < -0.4 is 5.73 Å². The van der Waals surface area contributed by atoms with Gasteiger partial charge in [-0.2, -0.15) is 13.2 Å². The number of hydrogen-bond donors (Lipinski definition) is 1. The second-order valence-electron chi connectivity index (χ2n) is 3.92. The fraction of sp³-hybridized carbons (Fsp3) is 0.875. The van der Waals surface area contributed by atoms with Gasteiger partial charge in [0.15, 0.2) is 9.84 Å². The van der Waals surface area contributed by atoms with E-state index in [1.54, 1.807) is 0 Å². The van der Waals surface area contributed by atoms with E-state index in [1.807, 2.05) is 0 Å². The van der Waals surface area contributed by atoms with Gasteiger partial charge in [0.2, 0.25) is 6.10 Å². The molecule has 10 heteroatoms. The number of carbonyl (C=O) groups excluding carboxylic acids is 1. The first kappa shape index (κ1) is 15.0. The molecule has 1 aliphatic heterocycles. The van der Waals surface area contributed by atoms with E-state index in [-0.39, 0.29) is 24.6 Å². The first-order valence-corrected chi connectivity index (χ1v) is 6.88. The fourth-order valence-electron chi connectivity index (χ4n) is 1.52. The Labute approximate surface area is 102 Å². The summed E-state index contributed by atoms with van der Waals surface area (Å²) in [4.78, 5) is 11.7. The highest BCUT2D eigenvalue weighted by Crippen LogP contribution is 2.24. The number of nitrogens with two attached hydrogens (primary N) is 1. The third-order valence-corrected chi connectivity index (χ3v) is 4.09. The lowest BCUT2D eigenvalue weighted by Gasteiger charge is -2.30. The Bertz CT molecular complexity index is 395. The molecule has 0 radical (unpaired) electrons. The van der Waals surface area contributed by atoms with E-state index < -0.39 is 34.8 Å². The molecule has 1 heterocycles. The van der Waals surface area contributed by atoms with Gasteiger partial charge >= 0.3 is 12.3 Å². The summed E-state index contributed by atoms with van der Waals surface area (Å²) in [6, 6.07) is 0. The van der Waals surface area contributed by atoms with Crippen molar-refractivity contribution in [2.24, 2.45) is 5.73 Å². The monoisotopic (exact) mass is 290 g/mol. The molecule has 18 heavy (non-hydrogen) atoms. The van der Waals surface area contributed by atoms with Gasteiger partial charge in [0.1, 0.15) is 0 Å². The molecule has 1 rings (SSSR count). The van der Waals surface area contributed by atoms with Crippen molar-refractivity contribution >= 4 is 15.9 Å². The van der Waals surface area contributed by atoms with Gasteiger partial charge in [-0.25, -0.2) is 13.2 Å². The quantitative estimate of drug-likeness (QED) is 0.773. The van der Waals surface area contributed by atoms with Crippen molar-refractivity contribution in [1.29, 1.82) is 0 Å². The normalized spacial score (nSPS) is 22.4. The molecule has 0 aromatic rings. The zero-order valence-corrected chi connectivity index (χ0v) is 10.1. The van der Waals surface area contributed by atoms with Gasteiger partial charge in [-0.3, -0.25) is 4.90 Å². The Hall–Kier alpha value is -1.03. The maximum atomic E-state index is 12.5. The van der Waals surface area contributed by atoms with E-state index in [0.29, 0.717) is 0 Å². The van der Waals surface area contributed by atoms with Gasteiger partial charge in [0.05, 0.1) is 11.5 Å². The van der Waals surface area contributed by atoms with Crippen LogP contribution in [0.4, 0.5) is 18.0 Å². The van der Waals surface area contributed by atoms with Gasteiger partial charge in [0.25, 0.3) is 0 Å². The summed E-state index contributed by atoms with van der Waals surface area (Å²) in [6.07, 6.45) is -8.58. The minimum Gasteiger partial charge on any atom is -0.435 e. The van der Waals surface area contributed by atoms with Crippen molar-refractivity contribution < 1.29 is 31.1 Å². The van der Waals surface area contributed by atoms with Crippen LogP contribution in [-0.2, 0) is 14.6 Å². The van der Waals surface area contributed by atoms with Crippen LogP contribution in [0.5, 0.6) is 0 Å². The smallest absolute Gasteiger partial charge is 0.426 e. The van der Waals surface area contributed by atoms with Crippen molar-refractivity contribution in [3.05, 3.63) is 0 Å². The van der Waals surface area contributed by atoms with Crippen LogP contribution in [0, 0.1) is 0 Å². The predicted octanol–water partition coefficient (Wildman–Crippen LogP) is -0.257. The summed E-state index contributed by atoms with van der Waals surface area (Å²) in [5.41, 5.74) is 4.56. The molecule has 1 atom stereocenters.